The van der Waals surface area contributed by atoms with Crippen molar-refractivity contribution in [3.63, 3.8) is 0 Å². The minimum atomic E-state index is 0.552. The molecule has 0 aromatic heterocycles. The molecule has 1 saturated carbocycles. The van der Waals surface area contributed by atoms with Crippen molar-refractivity contribution in [2.45, 2.75) is 44.4 Å². The van der Waals surface area contributed by atoms with E-state index in [0.717, 1.165) is 0 Å². The molecular weight excluding hydrogens is 206 g/mol. The Morgan fingerprint density at radius 1 is 1.06 bits per heavy atom. The van der Waals surface area contributed by atoms with Crippen molar-refractivity contribution in [1.29, 1.82) is 0 Å². The highest BCUT2D eigenvalue weighted by atomic mass is 15.1. The van der Waals surface area contributed by atoms with E-state index in [1.165, 1.54) is 57.3 Å². The molecule has 1 aliphatic carbocycles. The highest BCUT2D eigenvalue weighted by molar-refractivity contribution is 5.33. The zero-order valence-corrected chi connectivity index (χ0v) is 10.9. The van der Waals surface area contributed by atoms with Gasteiger partial charge in [-0.3, -0.25) is 0 Å². The van der Waals surface area contributed by atoms with E-state index in [9.17, 15) is 0 Å². The van der Waals surface area contributed by atoms with Crippen LogP contribution in [-0.2, 0) is 5.41 Å². The predicted octanol–water partition coefficient (Wildman–Crippen LogP) is 3.51. The number of rotatable bonds is 4. The fourth-order valence-corrected chi connectivity index (χ4v) is 3.12. The Morgan fingerprint density at radius 3 is 2.29 bits per heavy atom. The summed E-state index contributed by atoms with van der Waals surface area (Å²) >= 11 is 0. The molecule has 0 N–H and O–H groups in total. The Labute approximate surface area is 105 Å². The van der Waals surface area contributed by atoms with E-state index in [1.54, 1.807) is 5.56 Å². The summed E-state index contributed by atoms with van der Waals surface area (Å²) in [6, 6.07) is 9.25. The van der Waals surface area contributed by atoms with E-state index in [4.69, 9.17) is 0 Å². The van der Waals surface area contributed by atoms with Crippen LogP contribution in [0.15, 0.2) is 24.3 Å². The van der Waals surface area contributed by atoms with Crippen LogP contribution in [0.4, 0.5) is 0 Å². The summed E-state index contributed by atoms with van der Waals surface area (Å²) in [5.74, 6) is 0. The molecule has 1 heterocycles. The number of likely N-dealkylation sites (tertiary alicyclic amines) is 1. The third-order valence-corrected chi connectivity index (χ3v) is 4.62. The summed E-state index contributed by atoms with van der Waals surface area (Å²) in [7, 11) is 0. The van der Waals surface area contributed by atoms with Gasteiger partial charge in [-0.2, -0.15) is 0 Å². The lowest BCUT2D eigenvalue weighted by molar-refractivity contribution is 0.317. The number of nitrogens with zero attached hydrogens (tertiary/aromatic N) is 1. The van der Waals surface area contributed by atoms with Gasteiger partial charge in [0, 0.05) is 0 Å². The lowest BCUT2D eigenvalue weighted by Crippen LogP contribution is -2.24. The molecule has 1 nitrogen and oxygen atoms in total. The average Bonchev–Trinajstić information content (AvgIpc) is 2.95. The lowest BCUT2D eigenvalue weighted by atomic mass is 9.91. The lowest BCUT2D eigenvalue weighted by Gasteiger charge is -2.21. The maximum Gasteiger partial charge on any atom is -0.00102 e. The smallest absolute Gasteiger partial charge is 0.00102 e. The summed E-state index contributed by atoms with van der Waals surface area (Å²) in [5.41, 5.74) is 3.52. The number of hydrogen-bond donors (Lipinski definition) is 0. The first kappa shape index (κ1) is 11.3. The standard InChI is InChI=1S/C16H23N/c1-14-4-6-15(7-5-14)16(8-9-16)10-13-17-11-2-3-12-17/h4-7H,2-3,8-13H2,1H3. The van der Waals surface area contributed by atoms with Crippen LogP contribution in [0.25, 0.3) is 0 Å². The molecule has 1 heteroatoms. The molecule has 0 unspecified atom stereocenters. The van der Waals surface area contributed by atoms with Gasteiger partial charge in [0.25, 0.3) is 0 Å². The average molecular weight is 229 g/mol. The van der Waals surface area contributed by atoms with E-state index in [2.05, 4.69) is 36.1 Å². The molecule has 0 atom stereocenters. The summed E-state index contributed by atoms with van der Waals surface area (Å²) in [6.45, 7) is 6.16. The van der Waals surface area contributed by atoms with Crippen LogP contribution < -0.4 is 0 Å². The Morgan fingerprint density at radius 2 is 1.71 bits per heavy atom. The van der Waals surface area contributed by atoms with Gasteiger partial charge in [0.2, 0.25) is 0 Å². The van der Waals surface area contributed by atoms with Gasteiger partial charge in [0.1, 0.15) is 0 Å². The third-order valence-electron chi connectivity index (χ3n) is 4.62. The van der Waals surface area contributed by atoms with Gasteiger partial charge < -0.3 is 4.90 Å². The Kier molecular flexibility index (Phi) is 2.96. The van der Waals surface area contributed by atoms with E-state index >= 15 is 0 Å². The minimum Gasteiger partial charge on any atom is -0.303 e. The molecule has 2 aliphatic rings. The van der Waals surface area contributed by atoms with Crippen LogP contribution in [-0.4, -0.2) is 24.5 Å². The van der Waals surface area contributed by atoms with Gasteiger partial charge in [0.15, 0.2) is 0 Å². The van der Waals surface area contributed by atoms with E-state index in [0.29, 0.717) is 5.41 Å². The molecule has 0 amide bonds. The van der Waals surface area contributed by atoms with Crippen LogP contribution in [0.5, 0.6) is 0 Å². The highest BCUT2D eigenvalue weighted by Crippen LogP contribution is 2.51. The first-order chi connectivity index (χ1) is 8.28. The predicted molar refractivity (Wildman–Crippen MR) is 72.4 cm³/mol. The molecule has 0 spiro atoms. The van der Waals surface area contributed by atoms with Crippen LogP contribution >= 0.6 is 0 Å². The first-order valence-electron chi connectivity index (χ1n) is 7.08. The first-order valence-corrected chi connectivity index (χ1v) is 7.08. The van der Waals surface area contributed by atoms with Crippen LogP contribution in [0.2, 0.25) is 0 Å². The Bertz CT molecular complexity index is 369. The van der Waals surface area contributed by atoms with Crippen molar-refractivity contribution in [3.8, 4) is 0 Å². The fraction of sp³-hybridized carbons (Fsp3) is 0.625. The van der Waals surface area contributed by atoms with Crippen LogP contribution in [0.3, 0.4) is 0 Å². The summed E-state index contributed by atoms with van der Waals surface area (Å²) in [4.78, 5) is 2.65. The van der Waals surface area contributed by atoms with Gasteiger partial charge in [-0.25, -0.2) is 0 Å². The monoisotopic (exact) mass is 229 g/mol. The third kappa shape index (κ3) is 2.40. The van der Waals surface area contributed by atoms with Crippen LogP contribution in [0, 0.1) is 6.92 Å². The zero-order valence-electron chi connectivity index (χ0n) is 10.9. The molecule has 1 aromatic rings. The van der Waals surface area contributed by atoms with E-state index < -0.39 is 0 Å². The van der Waals surface area contributed by atoms with Gasteiger partial charge >= 0.3 is 0 Å². The SMILES string of the molecule is Cc1ccc(C2(CCN3CCCC3)CC2)cc1. The Hall–Kier alpha value is -0.820. The molecule has 1 aliphatic heterocycles. The highest BCUT2D eigenvalue weighted by Gasteiger charge is 2.43. The van der Waals surface area contributed by atoms with Gasteiger partial charge in [0.05, 0.1) is 0 Å². The summed E-state index contributed by atoms with van der Waals surface area (Å²) < 4.78 is 0. The molecule has 17 heavy (non-hydrogen) atoms. The fourth-order valence-electron chi connectivity index (χ4n) is 3.12. The quantitative estimate of drug-likeness (QED) is 0.763. The molecule has 0 radical (unpaired) electrons. The van der Waals surface area contributed by atoms with E-state index in [1.807, 2.05) is 0 Å². The van der Waals surface area contributed by atoms with Gasteiger partial charge in [-0.05, 0) is 69.6 Å². The van der Waals surface area contributed by atoms with Crippen molar-refractivity contribution < 1.29 is 0 Å². The second-order valence-electron chi connectivity index (χ2n) is 5.95. The second kappa shape index (κ2) is 4.45. The van der Waals surface area contributed by atoms with Crippen molar-refractivity contribution in [2.75, 3.05) is 19.6 Å². The maximum absolute atomic E-state index is 2.65. The van der Waals surface area contributed by atoms with Crippen molar-refractivity contribution in [2.24, 2.45) is 0 Å². The maximum atomic E-state index is 2.65. The largest absolute Gasteiger partial charge is 0.303 e. The summed E-state index contributed by atoms with van der Waals surface area (Å²) in [5, 5.41) is 0. The molecule has 92 valence electrons. The number of benzene rings is 1. The topological polar surface area (TPSA) is 3.24 Å². The zero-order chi connectivity index (χ0) is 11.7. The number of hydrogen-bond acceptors (Lipinski definition) is 1. The minimum absolute atomic E-state index is 0.552. The molecule has 3 rings (SSSR count). The molecule has 2 fully saturated rings. The number of aryl methyl sites for hydroxylation is 1. The normalized spacial score (nSPS) is 22.9. The van der Waals surface area contributed by atoms with Crippen molar-refractivity contribution in [1.82, 2.24) is 4.90 Å². The summed E-state index contributed by atoms with van der Waals surface area (Å²) in [6.07, 6.45) is 7.01. The van der Waals surface area contributed by atoms with Crippen molar-refractivity contribution >= 4 is 0 Å². The molecule has 1 saturated heterocycles. The molecule has 1 aromatic carbocycles. The van der Waals surface area contributed by atoms with E-state index in [-0.39, 0.29) is 0 Å². The van der Waals surface area contributed by atoms with Gasteiger partial charge in [-0.15, -0.1) is 0 Å². The molecular formula is C16H23N. The van der Waals surface area contributed by atoms with Crippen molar-refractivity contribution in [3.05, 3.63) is 35.4 Å². The van der Waals surface area contributed by atoms with Crippen LogP contribution in [0.1, 0.15) is 43.2 Å². The second-order valence-corrected chi connectivity index (χ2v) is 5.95. The molecule has 0 bridgehead atoms. The Balaban J connectivity index is 1.63. The van der Waals surface area contributed by atoms with Gasteiger partial charge in [-0.1, -0.05) is 29.8 Å².